The molecule has 3 aliphatic heterocycles. The third-order valence-corrected chi connectivity index (χ3v) is 9.74. The summed E-state index contributed by atoms with van der Waals surface area (Å²) in [5, 5.41) is 14.4. The van der Waals surface area contributed by atoms with Gasteiger partial charge in [0.2, 0.25) is 0 Å². The smallest absolute Gasteiger partial charge is 0.116 e. The van der Waals surface area contributed by atoms with Crippen LogP contribution >= 0.6 is 0 Å². The Labute approximate surface area is 339 Å². The molecule has 3 atom stereocenters. The van der Waals surface area contributed by atoms with Gasteiger partial charge in [-0.2, -0.15) is 0 Å². The molecule has 4 fully saturated rings. The summed E-state index contributed by atoms with van der Waals surface area (Å²) in [5.74, 6) is 0.958. The first-order chi connectivity index (χ1) is 24.8. The molecule has 0 amide bonds. The molecule has 3 heterocycles. The van der Waals surface area contributed by atoms with Gasteiger partial charge in [0.05, 0.1) is 0 Å². The number of hydrogen-bond acceptors (Lipinski definition) is 8. The normalized spacial score (nSPS) is 23.4. The lowest BCUT2D eigenvalue weighted by atomic mass is 9.81. The van der Waals surface area contributed by atoms with Crippen LogP contribution in [0.5, 0.6) is 0 Å². The second-order valence-corrected chi connectivity index (χ2v) is 21.5. The predicted molar refractivity (Wildman–Crippen MR) is 240 cm³/mol. The number of carbonyl (C=O) groups is 1. The quantitative estimate of drug-likeness (QED) is 0.165. The van der Waals surface area contributed by atoms with Crippen LogP contribution in [0.4, 0.5) is 0 Å². The van der Waals surface area contributed by atoms with Gasteiger partial charge in [-0.05, 0) is 207 Å². The standard InChI is InChI=1S/2C12H26N2.C11H24N2.C9H19N.C2H4O/c2*1-11(13-12(2,3)4)10-14-8-6-5-7-9-14;1-10(12-11(2,3)4)9-13-7-5-6-8-13;1-7-5-8(6-7)10-9(2,3)4;1-2-3/h2*11,13H,5-10H2,1-4H3;10,12H,5-9H2,1-4H3;7-8,10H,5-6H2,1-4H3;2H,1H3. The molecule has 0 aromatic carbocycles. The zero-order chi connectivity index (χ0) is 41.6. The van der Waals surface area contributed by atoms with E-state index in [4.69, 9.17) is 4.79 Å². The third-order valence-electron chi connectivity index (χ3n) is 9.74. The van der Waals surface area contributed by atoms with Crippen LogP contribution in [0, 0.1) is 5.92 Å². The van der Waals surface area contributed by atoms with Gasteiger partial charge in [-0.3, -0.25) is 0 Å². The highest BCUT2D eigenvalue weighted by molar-refractivity contribution is 5.44. The number of hydrogen-bond donors (Lipinski definition) is 4. The minimum Gasteiger partial charge on any atom is -0.309 e. The van der Waals surface area contributed by atoms with E-state index in [-0.39, 0.29) is 16.6 Å². The largest absolute Gasteiger partial charge is 0.309 e. The van der Waals surface area contributed by atoms with Crippen molar-refractivity contribution in [2.45, 2.75) is 228 Å². The Bertz CT molecular complexity index is 854. The van der Waals surface area contributed by atoms with Gasteiger partial charge in [0, 0.05) is 66.0 Å². The lowest BCUT2D eigenvalue weighted by Gasteiger charge is -2.38. The third kappa shape index (κ3) is 33.5. The Morgan fingerprint density at radius 2 is 0.741 bits per heavy atom. The fourth-order valence-electron chi connectivity index (χ4n) is 8.40. The highest BCUT2D eigenvalue weighted by atomic mass is 16.1. The summed E-state index contributed by atoms with van der Waals surface area (Å²) in [6, 6.07) is 2.62. The molecule has 3 unspecified atom stereocenters. The first kappa shape index (κ1) is 53.4. The van der Waals surface area contributed by atoms with E-state index >= 15 is 0 Å². The van der Waals surface area contributed by atoms with Crippen molar-refractivity contribution in [2.24, 2.45) is 5.92 Å². The fraction of sp³-hybridized carbons (Fsp3) is 0.978. The maximum Gasteiger partial charge on any atom is 0.116 e. The van der Waals surface area contributed by atoms with Crippen molar-refractivity contribution in [1.82, 2.24) is 36.0 Å². The van der Waals surface area contributed by atoms with E-state index in [9.17, 15) is 0 Å². The Balaban J connectivity index is 0.000000680. The molecular formula is C46H99N7O. The van der Waals surface area contributed by atoms with Crippen LogP contribution < -0.4 is 21.3 Å². The van der Waals surface area contributed by atoms with Crippen LogP contribution in [0.2, 0.25) is 0 Å². The summed E-state index contributed by atoms with van der Waals surface area (Å²) >= 11 is 0. The summed E-state index contributed by atoms with van der Waals surface area (Å²) in [7, 11) is 0. The monoisotopic (exact) mass is 766 g/mol. The van der Waals surface area contributed by atoms with Crippen molar-refractivity contribution in [3.05, 3.63) is 0 Å². The van der Waals surface area contributed by atoms with Crippen LogP contribution in [0.25, 0.3) is 0 Å². The molecule has 0 spiro atoms. The number of carbonyl (C=O) groups excluding carboxylic acids is 1. The Hall–Kier alpha value is -0.610. The number of nitrogens with zero attached hydrogens (tertiary/aromatic N) is 3. The maximum atomic E-state index is 8.81. The van der Waals surface area contributed by atoms with Crippen molar-refractivity contribution in [2.75, 3.05) is 58.9 Å². The molecule has 0 aromatic heterocycles. The van der Waals surface area contributed by atoms with Crippen LogP contribution in [0.3, 0.4) is 0 Å². The van der Waals surface area contributed by atoms with Crippen LogP contribution in [-0.2, 0) is 4.79 Å². The van der Waals surface area contributed by atoms with E-state index in [1.807, 2.05) is 0 Å². The molecule has 8 heteroatoms. The first-order valence-corrected chi connectivity index (χ1v) is 22.5. The second kappa shape index (κ2) is 27.1. The molecule has 1 aliphatic carbocycles. The van der Waals surface area contributed by atoms with Gasteiger partial charge >= 0.3 is 0 Å². The minimum atomic E-state index is 0.245. The lowest BCUT2D eigenvalue weighted by Crippen LogP contribution is -2.49. The number of likely N-dealkylation sites (tertiary alicyclic amines) is 3. The van der Waals surface area contributed by atoms with Crippen LogP contribution in [0.15, 0.2) is 0 Å². The molecule has 0 bridgehead atoms. The second-order valence-electron chi connectivity index (χ2n) is 21.5. The van der Waals surface area contributed by atoms with Crippen LogP contribution in [0.1, 0.15) is 182 Å². The van der Waals surface area contributed by atoms with Crippen molar-refractivity contribution in [3.63, 3.8) is 0 Å². The van der Waals surface area contributed by atoms with Gasteiger partial charge in [0.25, 0.3) is 0 Å². The van der Waals surface area contributed by atoms with E-state index in [1.165, 1.54) is 130 Å². The highest BCUT2D eigenvalue weighted by Crippen LogP contribution is 2.27. The Morgan fingerprint density at radius 1 is 0.500 bits per heavy atom. The average molecular weight is 766 g/mol. The van der Waals surface area contributed by atoms with E-state index in [0.29, 0.717) is 23.7 Å². The lowest BCUT2D eigenvalue weighted by molar-refractivity contribution is -0.106. The molecule has 0 aromatic rings. The number of aldehydes is 1. The van der Waals surface area contributed by atoms with Gasteiger partial charge in [0.15, 0.2) is 0 Å². The summed E-state index contributed by atoms with van der Waals surface area (Å²) in [5.41, 5.74) is 1.05. The maximum absolute atomic E-state index is 8.81. The van der Waals surface area contributed by atoms with Crippen molar-refractivity contribution in [3.8, 4) is 0 Å². The molecule has 4 N–H and O–H groups in total. The van der Waals surface area contributed by atoms with E-state index < -0.39 is 0 Å². The zero-order valence-electron chi connectivity index (χ0n) is 39.6. The minimum absolute atomic E-state index is 0.245. The number of rotatable bonds is 10. The molecule has 3 saturated heterocycles. The molecule has 8 nitrogen and oxygen atoms in total. The molecule has 4 aliphatic rings. The van der Waals surface area contributed by atoms with Gasteiger partial charge in [-0.1, -0.05) is 19.8 Å². The van der Waals surface area contributed by atoms with Crippen molar-refractivity contribution >= 4 is 6.29 Å². The Morgan fingerprint density at radius 3 is 0.944 bits per heavy atom. The zero-order valence-corrected chi connectivity index (χ0v) is 39.6. The number of nitrogens with one attached hydrogen (secondary N) is 4. The molecule has 324 valence electrons. The Kier molecular flexibility index (Phi) is 26.8. The molecule has 4 rings (SSSR count). The number of piperidine rings is 2. The summed E-state index contributed by atoms with van der Waals surface area (Å²) < 4.78 is 0. The van der Waals surface area contributed by atoms with Crippen molar-refractivity contribution in [1.29, 1.82) is 0 Å². The highest BCUT2D eigenvalue weighted by Gasteiger charge is 2.28. The fourth-order valence-corrected chi connectivity index (χ4v) is 8.40. The van der Waals surface area contributed by atoms with Crippen molar-refractivity contribution < 1.29 is 4.79 Å². The topological polar surface area (TPSA) is 74.9 Å². The first-order valence-electron chi connectivity index (χ1n) is 22.5. The summed E-state index contributed by atoms with van der Waals surface area (Å²) in [4.78, 5) is 16.5. The predicted octanol–water partition coefficient (Wildman–Crippen LogP) is 8.73. The van der Waals surface area contributed by atoms with Gasteiger partial charge in [-0.25, -0.2) is 0 Å². The SMILES string of the molecule is CC(CN1CCCC1)NC(C)(C)C.CC(CN1CCCCC1)NC(C)(C)C.CC(CN1CCCCC1)NC(C)(C)C.CC1CC(NC(C)(C)C)C1.CC=O. The molecule has 1 saturated carbocycles. The van der Waals surface area contributed by atoms with Gasteiger partial charge < -0.3 is 40.8 Å². The summed E-state index contributed by atoms with van der Waals surface area (Å²) in [6.45, 7) is 48.9. The molecular weight excluding hydrogens is 667 g/mol. The molecule has 54 heavy (non-hydrogen) atoms. The van der Waals surface area contributed by atoms with Gasteiger partial charge in [0.1, 0.15) is 6.29 Å². The van der Waals surface area contributed by atoms with Crippen LogP contribution in [-0.4, -0.2) is 126 Å². The van der Waals surface area contributed by atoms with E-state index in [2.05, 4.69) is 147 Å². The summed E-state index contributed by atoms with van der Waals surface area (Å²) in [6.07, 6.45) is 14.7. The average Bonchev–Trinajstić information content (AvgIpc) is 3.48. The van der Waals surface area contributed by atoms with E-state index in [1.54, 1.807) is 0 Å². The van der Waals surface area contributed by atoms with Gasteiger partial charge in [-0.15, -0.1) is 0 Å². The molecule has 0 radical (unpaired) electrons. The van der Waals surface area contributed by atoms with E-state index in [0.717, 1.165) is 18.2 Å².